The molecule has 0 heterocycles. The zero-order valence-corrected chi connectivity index (χ0v) is 15.8. The molecule has 0 aliphatic rings. The number of unbranched alkanes of at least 4 members (excludes halogenated alkanes) is 1. The van der Waals surface area contributed by atoms with Gasteiger partial charge in [0.25, 0.3) is 0 Å². The SMILES string of the molecule is CCCCC(=O)NNCNS(=O)(=O)c1c(C)cc(OC)c(C)c1C. The van der Waals surface area contributed by atoms with Gasteiger partial charge in [0.2, 0.25) is 15.9 Å². The van der Waals surface area contributed by atoms with Gasteiger partial charge in [-0.15, -0.1) is 0 Å². The minimum Gasteiger partial charge on any atom is -0.496 e. The van der Waals surface area contributed by atoms with E-state index >= 15 is 0 Å². The predicted molar refractivity (Wildman–Crippen MR) is 93.2 cm³/mol. The van der Waals surface area contributed by atoms with Crippen molar-refractivity contribution in [2.75, 3.05) is 13.8 Å². The molecule has 7 nitrogen and oxygen atoms in total. The van der Waals surface area contributed by atoms with Crippen LogP contribution in [0.2, 0.25) is 0 Å². The van der Waals surface area contributed by atoms with E-state index in [9.17, 15) is 13.2 Å². The molecule has 0 aromatic heterocycles. The van der Waals surface area contributed by atoms with Crippen molar-refractivity contribution in [3.8, 4) is 5.75 Å². The average Bonchev–Trinajstić information content (AvgIpc) is 2.52. The number of amides is 1. The first kappa shape index (κ1) is 20.4. The quantitative estimate of drug-likeness (QED) is 0.355. The van der Waals surface area contributed by atoms with Crippen molar-refractivity contribution in [1.29, 1.82) is 0 Å². The number of hydrogen-bond acceptors (Lipinski definition) is 5. The summed E-state index contributed by atoms with van der Waals surface area (Å²) in [6.45, 7) is 7.20. The van der Waals surface area contributed by atoms with E-state index in [0.717, 1.165) is 18.4 Å². The van der Waals surface area contributed by atoms with E-state index in [4.69, 9.17) is 4.74 Å². The molecule has 8 heteroatoms. The summed E-state index contributed by atoms with van der Waals surface area (Å²) in [5.41, 5.74) is 7.08. The number of methoxy groups -OCH3 is 1. The van der Waals surface area contributed by atoms with Crippen LogP contribution in [0.1, 0.15) is 42.9 Å². The molecule has 0 unspecified atom stereocenters. The number of carbonyl (C=O) groups is 1. The molecule has 0 saturated heterocycles. The summed E-state index contributed by atoms with van der Waals surface area (Å²) in [4.78, 5) is 11.7. The number of carbonyl (C=O) groups excluding carboxylic acids is 1. The maximum Gasteiger partial charge on any atom is 0.242 e. The number of nitrogens with one attached hydrogen (secondary N) is 3. The average molecular weight is 357 g/mol. The molecule has 0 aliphatic heterocycles. The van der Waals surface area contributed by atoms with Gasteiger partial charge in [-0.3, -0.25) is 10.2 Å². The third-order valence-corrected chi connectivity index (χ3v) is 5.49. The smallest absolute Gasteiger partial charge is 0.242 e. The van der Waals surface area contributed by atoms with Crippen molar-refractivity contribution < 1.29 is 17.9 Å². The van der Waals surface area contributed by atoms with E-state index in [1.165, 1.54) is 0 Å². The predicted octanol–water partition coefficient (Wildman–Crippen LogP) is 1.67. The second kappa shape index (κ2) is 9.00. The minimum atomic E-state index is -3.70. The van der Waals surface area contributed by atoms with Crippen LogP contribution in [0.15, 0.2) is 11.0 Å². The lowest BCUT2D eigenvalue weighted by atomic mass is 10.1. The van der Waals surface area contributed by atoms with E-state index in [-0.39, 0.29) is 17.5 Å². The Morgan fingerprint density at radius 1 is 1.21 bits per heavy atom. The molecule has 136 valence electrons. The monoisotopic (exact) mass is 357 g/mol. The highest BCUT2D eigenvalue weighted by molar-refractivity contribution is 7.89. The molecule has 0 bridgehead atoms. The molecule has 1 aromatic carbocycles. The van der Waals surface area contributed by atoms with Gasteiger partial charge in [0.05, 0.1) is 18.7 Å². The fourth-order valence-corrected chi connectivity index (χ4v) is 3.84. The zero-order chi connectivity index (χ0) is 18.3. The standard InChI is InChI=1S/C16H27N3O4S/c1-6-7-8-15(20)19-17-10-18-24(21,22)16-11(2)9-14(23-5)12(3)13(16)4/h9,17-18H,6-8,10H2,1-5H3,(H,19,20). The van der Waals surface area contributed by atoms with Gasteiger partial charge >= 0.3 is 0 Å². The van der Waals surface area contributed by atoms with E-state index in [0.29, 0.717) is 23.3 Å². The Balaban J connectivity index is 2.76. The van der Waals surface area contributed by atoms with Crippen LogP contribution in [-0.4, -0.2) is 28.1 Å². The second-order valence-corrected chi connectivity index (χ2v) is 7.33. The highest BCUT2D eigenvalue weighted by Gasteiger charge is 2.22. The van der Waals surface area contributed by atoms with Gasteiger partial charge in [-0.25, -0.2) is 13.8 Å². The van der Waals surface area contributed by atoms with Crippen LogP contribution in [0.4, 0.5) is 0 Å². The number of hydrogen-bond donors (Lipinski definition) is 3. The van der Waals surface area contributed by atoms with E-state index < -0.39 is 10.0 Å². The van der Waals surface area contributed by atoms with Gasteiger partial charge in [0.15, 0.2) is 0 Å². The molecule has 1 rings (SSSR count). The van der Waals surface area contributed by atoms with Crippen LogP contribution < -0.4 is 20.3 Å². The van der Waals surface area contributed by atoms with Gasteiger partial charge in [-0.1, -0.05) is 13.3 Å². The number of aryl methyl sites for hydroxylation is 1. The zero-order valence-electron chi connectivity index (χ0n) is 14.9. The van der Waals surface area contributed by atoms with E-state index in [1.54, 1.807) is 27.0 Å². The molecule has 0 spiro atoms. The highest BCUT2D eigenvalue weighted by Crippen LogP contribution is 2.30. The Labute approximate surface area is 144 Å². The highest BCUT2D eigenvalue weighted by atomic mass is 32.2. The van der Waals surface area contributed by atoms with Crippen LogP contribution in [0, 0.1) is 20.8 Å². The van der Waals surface area contributed by atoms with Crippen molar-refractivity contribution in [3.05, 3.63) is 22.8 Å². The molecule has 0 aliphatic carbocycles. The molecular weight excluding hydrogens is 330 g/mol. The molecule has 24 heavy (non-hydrogen) atoms. The Bertz CT molecular complexity index is 687. The first-order valence-corrected chi connectivity index (χ1v) is 9.39. The fourth-order valence-electron chi connectivity index (χ4n) is 2.39. The number of ether oxygens (including phenoxy) is 1. The van der Waals surface area contributed by atoms with Gasteiger partial charge in [0, 0.05) is 6.42 Å². The molecule has 0 atom stereocenters. The fraction of sp³-hybridized carbons (Fsp3) is 0.562. The molecule has 1 amide bonds. The van der Waals surface area contributed by atoms with Crippen LogP contribution in [-0.2, 0) is 14.8 Å². The molecule has 0 radical (unpaired) electrons. The Morgan fingerprint density at radius 2 is 1.88 bits per heavy atom. The summed E-state index contributed by atoms with van der Waals surface area (Å²) in [5.74, 6) is 0.494. The minimum absolute atomic E-state index is 0.0931. The molecule has 1 aromatic rings. The first-order valence-electron chi connectivity index (χ1n) is 7.90. The summed E-state index contributed by atoms with van der Waals surface area (Å²) < 4.78 is 32.8. The topological polar surface area (TPSA) is 96.5 Å². The van der Waals surface area contributed by atoms with Crippen molar-refractivity contribution in [2.24, 2.45) is 0 Å². The van der Waals surface area contributed by atoms with Gasteiger partial charge in [0.1, 0.15) is 5.75 Å². The number of benzene rings is 1. The van der Waals surface area contributed by atoms with Gasteiger partial charge < -0.3 is 4.74 Å². The molecular formula is C16H27N3O4S. The lowest BCUT2D eigenvalue weighted by Gasteiger charge is -2.17. The number of hydrazine groups is 1. The maximum atomic E-state index is 12.5. The summed E-state index contributed by atoms with van der Waals surface area (Å²) in [6, 6.07) is 1.71. The largest absolute Gasteiger partial charge is 0.496 e. The van der Waals surface area contributed by atoms with Gasteiger partial charge in [-0.2, -0.15) is 4.72 Å². The lowest BCUT2D eigenvalue weighted by molar-refractivity contribution is -0.122. The first-order chi connectivity index (χ1) is 11.2. The third-order valence-electron chi connectivity index (χ3n) is 3.80. The number of rotatable bonds is 9. The Hall–Kier alpha value is -1.64. The van der Waals surface area contributed by atoms with Crippen molar-refractivity contribution in [1.82, 2.24) is 15.6 Å². The second-order valence-electron chi connectivity index (χ2n) is 5.63. The Kier molecular flexibility index (Phi) is 7.65. The van der Waals surface area contributed by atoms with Gasteiger partial charge in [-0.05, 0) is 49.9 Å². The summed E-state index contributed by atoms with van der Waals surface area (Å²) in [5, 5.41) is 0. The van der Waals surface area contributed by atoms with E-state index in [2.05, 4.69) is 15.6 Å². The molecule has 3 N–H and O–H groups in total. The molecule has 0 saturated carbocycles. The van der Waals surface area contributed by atoms with Crippen LogP contribution in [0.5, 0.6) is 5.75 Å². The number of sulfonamides is 1. The van der Waals surface area contributed by atoms with Crippen LogP contribution in [0.25, 0.3) is 0 Å². The Morgan fingerprint density at radius 3 is 2.46 bits per heavy atom. The summed E-state index contributed by atoms with van der Waals surface area (Å²) in [6.07, 6.45) is 2.13. The summed E-state index contributed by atoms with van der Waals surface area (Å²) in [7, 11) is -2.15. The van der Waals surface area contributed by atoms with Crippen LogP contribution in [0.3, 0.4) is 0 Å². The normalized spacial score (nSPS) is 11.4. The van der Waals surface area contributed by atoms with Crippen LogP contribution >= 0.6 is 0 Å². The third kappa shape index (κ3) is 5.19. The lowest BCUT2D eigenvalue weighted by Crippen LogP contribution is -2.44. The van der Waals surface area contributed by atoms with Crippen molar-refractivity contribution in [2.45, 2.75) is 51.9 Å². The molecule has 0 fully saturated rings. The maximum absolute atomic E-state index is 12.5. The van der Waals surface area contributed by atoms with Crippen molar-refractivity contribution >= 4 is 15.9 Å². The summed E-state index contributed by atoms with van der Waals surface area (Å²) >= 11 is 0. The van der Waals surface area contributed by atoms with E-state index in [1.807, 2.05) is 13.8 Å². The van der Waals surface area contributed by atoms with Crippen molar-refractivity contribution in [3.63, 3.8) is 0 Å².